The summed E-state index contributed by atoms with van der Waals surface area (Å²) in [5.74, 6) is 0.418. The normalized spacial score (nSPS) is 22.4. The molecular weight excluding hydrogens is 394 g/mol. The SMILES string of the molecule is O=C(NC1CC1)c1nn(C2CCCCC2)c2c1CCCCC2Cc1ccccc1Cl. The molecule has 4 nitrogen and oxygen atoms in total. The number of hydrogen-bond donors (Lipinski definition) is 1. The van der Waals surface area contributed by atoms with Crippen molar-refractivity contribution in [1.29, 1.82) is 0 Å². The van der Waals surface area contributed by atoms with Gasteiger partial charge in [0.1, 0.15) is 0 Å². The van der Waals surface area contributed by atoms with Crippen LogP contribution in [0.2, 0.25) is 5.02 Å². The molecule has 2 saturated carbocycles. The molecule has 2 fully saturated rings. The molecule has 5 heteroatoms. The van der Waals surface area contributed by atoms with Crippen LogP contribution in [0.5, 0.6) is 0 Å². The highest BCUT2D eigenvalue weighted by Gasteiger charge is 2.34. The van der Waals surface area contributed by atoms with Crippen molar-refractivity contribution in [2.24, 2.45) is 0 Å². The van der Waals surface area contributed by atoms with Crippen LogP contribution >= 0.6 is 11.6 Å². The first-order valence-corrected chi connectivity index (χ1v) is 12.2. The highest BCUT2D eigenvalue weighted by atomic mass is 35.5. The van der Waals surface area contributed by atoms with Crippen molar-refractivity contribution in [3.05, 3.63) is 51.8 Å². The summed E-state index contributed by atoms with van der Waals surface area (Å²) >= 11 is 6.53. The van der Waals surface area contributed by atoms with Crippen LogP contribution in [0, 0.1) is 0 Å². The van der Waals surface area contributed by atoms with Crippen molar-refractivity contribution < 1.29 is 4.79 Å². The number of aromatic nitrogens is 2. The first-order chi connectivity index (χ1) is 14.7. The van der Waals surface area contributed by atoms with Crippen LogP contribution in [0.15, 0.2) is 24.3 Å². The molecule has 1 unspecified atom stereocenters. The first-order valence-electron chi connectivity index (χ1n) is 11.9. The maximum Gasteiger partial charge on any atom is 0.272 e. The number of nitrogens with zero attached hydrogens (tertiary/aromatic N) is 2. The van der Waals surface area contributed by atoms with E-state index in [0.29, 0.717) is 23.7 Å². The molecule has 5 rings (SSSR count). The summed E-state index contributed by atoms with van der Waals surface area (Å²) in [4.78, 5) is 13.1. The van der Waals surface area contributed by atoms with Gasteiger partial charge in [0.25, 0.3) is 5.91 Å². The lowest BCUT2D eigenvalue weighted by molar-refractivity contribution is 0.0943. The number of rotatable bonds is 5. The van der Waals surface area contributed by atoms with Gasteiger partial charge in [-0.1, -0.05) is 55.5 Å². The molecular formula is C25H32ClN3O. The number of halogens is 1. The van der Waals surface area contributed by atoms with Crippen LogP contribution in [0.3, 0.4) is 0 Å². The average Bonchev–Trinajstić information content (AvgIpc) is 3.53. The van der Waals surface area contributed by atoms with Crippen LogP contribution in [0.25, 0.3) is 0 Å². The van der Waals surface area contributed by atoms with Gasteiger partial charge in [-0.15, -0.1) is 0 Å². The smallest absolute Gasteiger partial charge is 0.272 e. The Balaban J connectivity index is 1.55. The summed E-state index contributed by atoms with van der Waals surface area (Å²) in [6.07, 6.45) is 13.8. The van der Waals surface area contributed by atoms with Crippen molar-refractivity contribution in [3.63, 3.8) is 0 Å². The number of carbonyl (C=O) groups is 1. The summed E-state index contributed by atoms with van der Waals surface area (Å²) in [6, 6.07) is 9.00. The second kappa shape index (κ2) is 8.74. The summed E-state index contributed by atoms with van der Waals surface area (Å²) in [5, 5.41) is 9.06. The third-order valence-corrected chi connectivity index (χ3v) is 7.51. The zero-order chi connectivity index (χ0) is 20.5. The molecule has 1 amide bonds. The van der Waals surface area contributed by atoms with E-state index in [9.17, 15) is 4.79 Å². The van der Waals surface area contributed by atoms with Gasteiger partial charge in [-0.3, -0.25) is 9.48 Å². The van der Waals surface area contributed by atoms with E-state index in [1.165, 1.54) is 55.3 Å². The van der Waals surface area contributed by atoms with Gasteiger partial charge >= 0.3 is 0 Å². The highest BCUT2D eigenvalue weighted by Crippen LogP contribution is 2.40. The Labute approximate surface area is 184 Å². The Morgan fingerprint density at radius 2 is 1.80 bits per heavy atom. The summed E-state index contributed by atoms with van der Waals surface area (Å²) < 4.78 is 2.29. The predicted molar refractivity (Wildman–Crippen MR) is 120 cm³/mol. The van der Waals surface area contributed by atoms with Crippen LogP contribution < -0.4 is 5.32 Å². The molecule has 2 aromatic rings. The number of hydrogen-bond acceptors (Lipinski definition) is 2. The van der Waals surface area contributed by atoms with Gasteiger partial charge in [0, 0.05) is 28.2 Å². The van der Waals surface area contributed by atoms with E-state index in [-0.39, 0.29) is 5.91 Å². The zero-order valence-electron chi connectivity index (χ0n) is 17.7. The van der Waals surface area contributed by atoms with Crippen LogP contribution in [0.4, 0.5) is 0 Å². The van der Waals surface area contributed by atoms with Crippen molar-refractivity contribution in [2.75, 3.05) is 0 Å². The molecule has 1 aromatic heterocycles. The van der Waals surface area contributed by atoms with Gasteiger partial charge in [-0.05, 0) is 63.0 Å². The lowest BCUT2D eigenvalue weighted by atomic mass is 9.89. The third kappa shape index (κ3) is 4.16. The van der Waals surface area contributed by atoms with Crippen molar-refractivity contribution in [3.8, 4) is 0 Å². The summed E-state index contributed by atoms with van der Waals surface area (Å²) in [5.41, 5.74) is 4.46. The predicted octanol–water partition coefficient (Wildman–Crippen LogP) is 5.99. The van der Waals surface area contributed by atoms with Gasteiger partial charge in [0.15, 0.2) is 5.69 Å². The maximum absolute atomic E-state index is 13.1. The molecule has 0 radical (unpaired) electrons. The lowest BCUT2D eigenvalue weighted by Gasteiger charge is -2.27. The number of nitrogens with one attached hydrogen (secondary N) is 1. The van der Waals surface area contributed by atoms with Gasteiger partial charge < -0.3 is 5.32 Å². The molecule has 0 spiro atoms. The molecule has 1 aromatic carbocycles. The van der Waals surface area contributed by atoms with Gasteiger partial charge in [0.05, 0.1) is 6.04 Å². The van der Waals surface area contributed by atoms with E-state index >= 15 is 0 Å². The van der Waals surface area contributed by atoms with Crippen molar-refractivity contribution >= 4 is 17.5 Å². The topological polar surface area (TPSA) is 46.9 Å². The van der Waals surface area contributed by atoms with Crippen molar-refractivity contribution in [1.82, 2.24) is 15.1 Å². The molecule has 0 bridgehead atoms. The van der Waals surface area contributed by atoms with E-state index in [1.54, 1.807) is 0 Å². The molecule has 1 N–H and O–H groups in total. The van der Waals surface area contributed by atoms with E-state index in [2.05, 4.69) is 22.1 Å². The minimum atomic E-state index is 0.0432. The molecule has 3 aliphatic rings. The summed E-state index contributed by atoms with van der Waals surface area (Å²) in [7, 11) is 0. The third-order valence-electron chi connectivity index (χ3n) is 7.14. The standard InChI is InChI=1S/C25H32ClN3O/c26-22-13-7-5-8-17(22)16-18-9-4-6-12-21-23(25(30)27-19-14-15-19)28-29(24(18)21)20-10-2-1-3-11-20/h5,7-8,13,18-20H,1-4,6,9-12,14-16H2,(H,27,30). The minimum absolute atomic E-state index is 0.0432. The summed E-state index contributed by atoms with van der Waals surface area (Å²) in [6.45, 7) is 0. The van der Waals surface area contributed by atoms with Crippen molar-refractivity contribution in [2.45, 2.75) is 95.1 Å². The molecule has 3 aliphatic carbocycles. The van der Waals surface area contributed by atoms with E-state index in [1.807, 2.05) is 12.1 Å². The molecule has 1 heterocycles. The number of amides is 1. The lowest BCUT2D eigenvalue weighted by Crippen LogP contribution is -2.27. The Bertz CT molecular complexity index is 911. The molecule has 1 atom stereocenters. The minimum Gasteiger partial charge on any atom is -0.348 e. The number of fused-ring (bicyclic) bond motifs is 1. The van der Waals surface area contributed by atoms with Crippen LogP contribution in [-0.4, -0.2) is 21.7 Å². The fourth-order valence-electron chi connectivity index (χ4n) is 5.39. The first kappa shape index (κ1) is 20.1. The molecule has 0 saturated heterocycles. The fourth-order valence-corrected chi connectivity index (χ4v) is 5.60. The van der Waals surface area contributed by atoms with Gasteiger partial charge in [-0.2, -0.15) is 5.10 Å². The Kier molecular flexibility index (Phi) is 5.86. The fraction of sp³-hybridized carbons (Fsp3) is 0.600. The number of carbonyl (C=O) groups excluding carboxylic acids is 1. The van der Waals surface area contributed by atoms with Crippen LogP contribution in [0.1, 0.15) is 103 Å². The number of benzene rings is 1. The Morgan fingerprint density at radius 1 is 1.03 bits per heavy atom. The molecule has 0 aliphatic heterocycles. The molecule has 160 valence electrons. The highest BCUT2D eigenvalue weighted by molar-refractivity contribution is 6.31. The quantitative estimate of drug-likeness (QED) is 0.598. The van der Waals surface area contributed by atoms with Gasteiger partial charge in [0.2, 0.25) is 0 Å². The largest absolute Gasteiger partial charge is 0.348 e. The van der Waals surface area contributed by atoms with Gasteiger partial charge in [-0.25, -0.2) is 0 Å². The maximum atomic E-state index is 13.1. The second-order valence-corrected chi connectivity index (χ2v) is 9.84. The molecule has 30 heavy (non-hydrogen) atoms. The zero-order valence-corrected chi connectivity index (χ0v) is 18.5. The average molecular weight is 426 g/mol. The van der Waals surface area contributed by atoms with E-state index < -0.39 is 0 Å². The Hall–Kier alpha value is -1.81. The second-order valence-electron chi connectivity index (χ2n) is 9.43. The van der Waals surface area contributed by atoms with E-state index in [0.717, 1.165) is 43.5 Å². The Morgan fingerprint density at radius 3 is 2.57 bits per heavy atom. The van der Waals surface area contributed by atoms with Crippen LogP contribution in [-0.2, 0) is 12.8 Å². The van der Waals surface area contributed by atoms with E-state index in [4.69, 9.17) is 16.7 Å². The monoisotopic (exact) mass is 425 g/mol.